The first-order valence-electron chi connectivity index (χ1n) is 13.5. The Labute approximate surface area is 228 Å². The summed E-state index contributed by atoms with van der Waals surface area (Å²) in [5.41, 5.74) is -3.35. The number of pyridine rings is 1. The van der Waals surface area contributed by atoms with Crippen LogP contribution in [-0.4, -0.2) is 47.3 Å². The number of carbonyl (C=O) groups is 2. The average molecular weight is 551 g/mol. The molecule has 0 saturated heterocycles. The van der Waals surface area contributed by atoms with Crippen molar-refractivity contribution in [1.82, 2.24) is 9.88 Å². The van der Waals surface area contributed by atoms with E-state index >= 15 is 0 Å². The van der Waals surface area contributed by atoms with Crippen LogP contribution in [0.2, 0.25) is 0 Å². The molecule has 2 aliphatic rings. The van der Waals surface area contributed by atoms with E-state index in [9.17, 15) is 28.3 Å². The summed E-state index contributed by atoms with van der Waals surface area (Å²) in [4.78, 5) is 39.3. The number of carbonyl (C=O) groups excluding carboxylic acids is 2. The number of ketones is 1. The molecular weight excluding hydrogens is 510 g/mol. The van der Waals surface area contributed by atoms with Gasteiger partial charge in [-0.05, 0) is 25.8 Å². The van der Waals surface area contributed by atoms with Crippen molar-refractivity contribution in [2.75, 3.05) is 20.3 Å². The Kier molecular flexibility index (Phi) is 11.4. The first-order chi connectivity index (χ1) is 18.6. The minimum atomic E-state index is -0.992. The number of benzene rings is 1. The van der Waals surface area contributed by atoms with Crippen LogP contribution in [0, 0.1) is 17.0 Å². The number of aromatic hydroxyl groups is 1. The number of methoxy groups -OCH3 is 1. The Morgan fingerprint density at radius 3 is 2.41 bits per heavy atom. The molecule has 1 amide bonds. The molecule has 8 nitrogen and oxygen atoms in total. The van der Waals surface area contributed by atoms with E-state index in [0.717, 1.165) is 18.9 Å². The van der Waals surface area contributed by atoms with Crippen LogP contribution >= 0.6 is 0 Å². The van der Waals surface area contributed by atoms with E-state index in [2.05, 4.69) is 5.32 Å². The van der Waals surface area contributed by atoms with E-state index in [1.807, 2.05) is 27.7 Å². The number of amides is 1. The maximum Gasteiger partial charge on any atom is 0.257 e. The topological polar surface area (TPSA) is 107 Å². The van der Waals surface area contributed by atoms with Crippen LogP contribution in [0.4, 0.5) is 8.78 Å². The summed E-state index contributed by atoms with van der Waals surface area (Å²) in [6.45, 7) is 10.3. The highest BCUT2D eigenvalue weighted by molar-refractivity contribution is 6.04. The number of nitrogens with zero attached hydrogens (tertiary/aromatic N) is 1. The highest BCUT2D eigenvalue weighted by Gasteiger charge is 2.59. The lowest BCUT2D eigenvalue weighted by atomic mass is 9.59. The third-order valence-electron chi connectivity index (χ3n) is 7.28. The molecule has 39 heavy (non-hydrogen) atoms. The molecule has 0 spiro atoms. The van der Waals surface area contributed by atoms with E-state index in [1.54, 1.807) is 14.0 Å². The second-order valence-electron chi connectivity index (χ2n) is 9.32. The average Bonchev–Trinajstić information content (AvgIpc) is 2.93. The summed E-state index contributed by atoms with van der Waals surface area (Å²) in [7, 11) is 1.55. The van der Waals surface area contributed by atoms with Crippen LogP contribution in [-0.2, 0) is 22.6 Å². The number of fused-ring (bicyclic) bond motifs is 2. The van der Waals surface area contributed by atoms with Crippen molar-refractivity contribution in [2.24, 2.45) is 5.41 Å². The number of Topliss-reactive ketones (excluding diaryl/α,β-unsaturated/α-hetero) is 1. The van der Waals surface area contributed by atoms with Gasteiger partial charge in [-0.25, -0.2) is 8.78 Å². The molecule has 10 heteroatoms. The van der Waals surface area contributed by atoms with E-state index in [-0.39, 0.29) is 31.0 Å². The zero-order valence-corrected chi connectivity index (χ0v) is 23.7. The lowest BCUT2D eigenvalue weighted by Crippen LogP contribution is -2.61. The maximum atomic E-state index is 13.9. The molecule has 2 heterocycles. The summed E-state index contributed by atoms with van der Waals surface area (Å²) < 4.78 is 39.8. The van der Waals surface area contributed by atoms with Crippen LogP contribution in [0.25, 0.3) is 0 Å². The summed E-state index contributed by atoms with van der Waals surface area (Å²) in [5.74, 6) is -3.66. The van der Waals surface area contributed by atoms with Gasteiger partial charge in [-0.2, -0.15) is 0 Å². The van der Waals surface area contributed by atoms with Gasteiger partial charge in [-0.1, -0.05) is 46.6 Å². The quantitative estimate of drug-likeness (QED) is 0.471. The molecule has 1 aromatic carbocycles. The van der Waals surface area contributed by atoms with Gasteiger partial charge in [0.05, 0.1) is 30.8 Å². The minimum absolute atomic E-state index is 0.0284. The number of halogens is 2. The molecule has 1 aliphatic heterocycles. The van der Waals surface area contributed by atoms with E-state index in [4.69, 9.17) is 9.47 Å². The number of aromatic nitrogens is 1. The lowest BCUT2D eigenvalue weighted by molar-refractivity contribution is -0.156. The third kappa shape index (κ3) is 6.22. The predicted octanol–water partition coefficient (Wildman–Crippen LogP) is 4.99. The van der Waals surface area contributed by atoms with Crippen LogP contribution < -0.4 is 10.7 Å². The van der Waals surface area contributed by atoms with Crippen LogP contribution in [0.5, 0.6) is 5.75 Å². The van der Waals surface area contributed by atoms with Crippen molar-refractivity contribution >= 4 is 11.7 Å². The monoisotopic (exact) mass is 550 g/mol. The van der Waals surface area contributed by atoms with Crippen LogP contribution in [0.1, 0.15) is 86.7 Å². The van der Waals surface area contributed by atoms with Gasteiger partial charge < -0.3 is 24.5 Å². The van der Waals surface area contributed by atoms with Crippen molar-refractivity contribution in [3.8, 4) is 5.75 Å². The second kappa shape index (κ2) is 13.8. The summed E-state index contributed by atoms with van der Waals surface area (Å²) in [6, 6.07) is 2.93. The zero-order valence-electron chi connectivity index (χ0n) is 23.7. The van der Waals surface area contributed by atoms with Gasteiger partial charge >= 0.3 is 0 Å². The molecule has 2 unspecified atom stereocenters. The lowest BCUT2D eigenvalue weighted by Gasteiger charge is -2.53. The molecule has 216 valence electrons. The number of nitrogens with one attached hydrogen (secondary N) is 1. The minimum Gasteiger partial charge on any atom is -0.503 e. The van der Waals surface area contributed by atoms with E-state index < -0.39 is 51.1 Å². The molecule has 2 aromatic rings. The first kappa shape index (κ1) is 32.1. The van der Waals surface area contributed by atoms with Gasteiger partial charge in [0, 0.05) is 31.5 Å². The first-order valence-corrected chi connectivity index (χ1v) is 13.5. The summed E-state index contributed by atoms with van der Waals surface area (Å²) >= 11 is 0. The van der Waals surface area contributed by atoms with Gasteiger partial charge in [-0.3, -0.25) is 14.4 Å². The Morgan fingerprint density at radius 2 is 1.77 bits per heavy atom. The van der Waals surface area contributed by atoms with Crippen LogP contribution in [0.15, 0.2) is 29.2 Å². The maximum absolute atomic E-state index is 13.9. The van der Waals surface area contributed by atoms with Crippen LogP contribution in [0.3, 0.4) is 0 Å². The number of ether oxygens (including phenoxy) is 2. The Balaban J connectivity index is 0.00000127. The molecular formula is C29H40F2N2O6. The van der Waals surface area contributed by atoms with Gasteiger partial charge in [0.2, 0.25) is 5.43 Å². The molecule has 1 fully saturated rings. The second-order valence-corrected chi connectivity index (χ2v) is 9.32. The van der Waals surface area contributed by atoms with E-state index in [0.29, 0.717) is 25.5 Å². The molecule has 1 aromatic heterocycles. The molecule has 1 saturated carbocycles. The zero-order chi connectivity index (χ0) is 29.4. The highest BCUT2D eigenvalue weighted by atomic mass is 19.1. The molecule has 2 atom stereocenters. The largest absolute Gasteiger partial charge is 0.503 e. The fraction of sp³-hybridized carbons (Fsp3) is 0.552. The summed E-state index contributed by atoms with van der Waals surface area (Å²) in [5, 5.41) is 13.1. The Bertz CT molecular complexity index is 1230. The Hall–Kier alpha value is -3.11. The van der Waals surface area contributed by atoms with Crippen molar-refractivity contribution in [1.29, 1.82) is 0 Å². The fourth-order valence-electron chi connectivity index (χ4n) is 5.21. The number of hydrogen-bond acceptors (Lipinski definition) is 6. The predicted molar refractivity (Wildman–Crippen MR) is 144 cm³/mol. The van der Waals surface area contributed by atoms with Gasteiger partial charge in [0.15, 0.2) is 11.5 Å². The van der Waals surface area contributed by atoms with Crippen molar-refractivity contribution in [2.45, 2.75) is 79.0 Å². The number of hydrogen-bond donors (Lipinski definition) is 2. The fourth-order valence-corrected chi connectivity index (χ4v) is 5.21. The smallest absolute Gasteiger partial charge is 0.257 e. The van der Waals surface area contributed by atoms with Crippen molar-refractivity contribution in [3.63, 3.8) is 0 Å². The third-order valence-corrected chi connectivity index (χ3v) is 7.28. The van der Waals surface area contributed by atoms with E-state index in [1.165, 1.54) is 16.8 Å². The van der Waals surface area contributed by atoms with Crippen molar-refractivity contribution in [3.05, 3.63) is 63.1 Å². The molecule has 2 N–H and O–H groups in total. The molecule has 0 radical (unpaired) electrons. The molecule has 1 aliphatic carbocycles. The highest BCUT2D eigenvalue weighted by Crippen LogP contribution is 2.52. The SMILES string of the molecule is CC.CC.COCCOC12CCCCC1(C)C(=O)c1c(O)c(=O)c(C(=O)NCc3ccc(F)cc3F)cn1C2. The Morgan fingerprint density at radius 1 is 1.10 bits per heavy atom. The van der Waals surface area contributed by atoms with Gasteiger partial charge in [0.1, 0.15) is 22.9 Å². The summed E-state index contributed by atoms with van der Waals surface area (Å²) in [6.07, 6.45) is 4.02. The normalized spacial score (nSPS) is 21.4. The van der Waals surface area contributed by atoms with Crippen molar-refractivity contribution < 1.29 is 33.0 Å². The van der Waals surface area contributed by atoms with Gasteiger partial charge in [0.25, 0.3) is 5.91 Å². The van der Waals surface area contributed by atoms with Gasteiger partial charge in [-0.15, -0.1) is 0 Å². The molecule has 0 bridgehead atoms. The number of rotatable bonds is 7. The molecule has 4 rings (SSSR count). The standard InChI is InChI=1S/C25H28F2N2O6.2C2H6/c1-24-7-3-4-8-25(24,35-10-9-34-2)14-29-13-17(20(30)21(31)19(29)22(24)32)23(33)28-12-15-5-6-16(26)11-18(15)27;2*1-2/h5-6,11,13,31H,3-4,7-10,12,14H2,1-2H3,(H,28,33);2*1-2H3.